The second kappa shape index (κ2) is 6.00. The molecule has 1 aromatic rings. The molecular formula is C15H16N2O4S. The highest BCUT2D eigenvalue weighted by atomic mass is 32.2. The normalized spacial score (nSPS) is 20.4. The van der Waals surface area contributed by atoms with Gasteiger partial charge < -0.3 is 15.0 Å². The summed E-state index contributed by atoms with van der Waals surface area (Å²) in [6.45, 7) is 2.14. The van der Waals surface area contributed by atoms with Crippen molar-refractivity contribution in [3.8, 4) is 5.75 Å². The van der Waals surface area contributed by atoms with Crippen molar-refractivity contribution in [3.63, 3.8) is 0 Å². The number of anilines is 2. The van der Waals surface area contributed by atoms with Crippen LogP contribution in [-0.4, -0.2) is 35.8 Å². The molecule has 1 atom stereocenters. The van der Waals surface area contributed by atoms with Crippen LogP contribution >= 0.6 is 11.8 Å². The van der Waals surface area contributed by atoms with Gasteiger partial charge in [-0.25, -0.2) is 0 Å². The number of amides is 2. The summed E-state index contributed by atoms with van der Waals surface area (Å²) < 4.78 is 5.31. The molecule has 2 aliphatic heterocycles. The summed E-state index contributed by atoms with van der Waals surface area (Å²) in [5, 5.41) is 2.81. The molecule has 1 N–H and O–H groups in total. The molecule has 3 rings (SSSR count). The molecule has 1 saturated heterocycles. The van der Waals surface area contributed by atoms with Gasteiger partial charge in [-0.3, -0.25) is 14.4 Å². The van der Waals surface area contributed by atoms with Crippen LogP contribution in [0.4, 0.5) is 11.4 Å². The minimum absolute atomic E-state index is 0.0132. The van der Waals surface area contributed by atoms with Crippen LogP contribution in [0.5, 0.6) is 5.75 Å². The van der Waals surface area contributed by atoms with E-state index in [2.05, 4.69) is 5.32 Å². The van der Waals surface area contributed by atoms with Crippen molar-refractivity contribution in [2.45, 2.75) is 13.3 Å². The average molecular weight is 320 g/mol. The smallest absolute Gasteiger partial charge is 0.262 e. The summed E-state index contributed by atoms with van der Waals surface area (Å²) in [6.07, 6.45) is 0.445. The molecule has 0 saturated carbocycles. The van der Waals surface area contributed by atoms with Crippen molar-refractivity contribution in [2.75, 3.05) is 29.1 Å². The lowest BCUT2D eigenvalue weighted by molar-refractivity contribution is -0.118. The molecule has 1 fully saturated rings. The molecule has 22 heavy (non-hydrogen) atoms. The quantitative estimate of drug-likeness (QED) is 0.916. The number of hydrogen-bond acceptors (Lipinski definition) is 5. The van der Waals surface area contributed by atoms with E-state index in [4.69, 9.17) is 4.74 Å². The average Bonchev–Trinajstić information content (AvgIpc) is 2.85. The Morgan fingerprint density at radius 2 is 2.27 bits per heavy atom. The van der Waals surface area contributed by atoms with Crippen LogP contribution < -0.4 is 15.0 Å². The predicted octanol–water partition coefficient (Wildman–Crippen LogP) is 1.65. The Kier molecular flexibility index (Phi) is 4.06. The molecule has 2 amide bonds. The van der Waals surface area contributed by atoms with Crippen molar-refractivity contribution < 1.29 is 19.1 Å². The molecule has 0 radical (unpaired) electrons. The summed E-state index contributed by atoms with van der Waals surface area (Å²) in [5.41, 5.74) is 1.33. The van der Waals surface area contributed by atoms with Gasteiger partial charge in [-0.05, 0) is 24.1 Å². The number of hydrogen-bond donors (Lipinski definition) is 1. The first-order valence-electron chi connectivity index (χ1n) is 7.03. The van der Waals surface area contributed by atoms with E-state index in [1.807, 2.05) is 6.07 Å². The summed E-state index contributed by atoms with van der Waals surface area (Å²) in [4.78, 5) is 36.3. The monoisotopic (exact) mass is 320 g/mol. The van der Waals surface area contributed by atoms with E-state index in [0.717, 1.165) is 5.69 Å². The van der Waals surface area contributed by atoms with E-state index in [1.165, 1.54) is 18.7 Å². The van der Waals surface area contributed by atoms with Crippen LogP contribution in [0.25, 0.3) is 0 Å². The third kappa shape index (κ3) is 3.09. The van der Waals surface area contributed by atoms with Gasteiger partial charge >= 0.3 is 0 Å². The van der Waals surface area contributed by atoms with E-state index in [0.29, 0.717) is 30.2 Å². The maximum atomic E-state index is 12.2. The fraction of sp³-hybridized carbons (Fsp3) is 0.400. The Morgan fingerprint density at radius 1 is 1.45 bits per heavy atom. The second-order valence-corrected chi connectivity index (χ2v) is 6.59. The lowest BCUT2D eigenvalue weighted by atomic mass is 10.1. The Morgan fingerprint density at radius 3 is 3.05 bits per heavy atom. The molecule has 0 spiro atoms. The van der Waals surface area contributed by atoms with Crippen LogP contribution in [0, 0.1) is 5.92 Å². The Bertz CT molecular complexity index is 646. The van der Waals surface area contributed by atoms with Crippen LogP contribution in [0.15, 0.2) is 18.2 Å². The van der Waals surface area contributed by atoms with Crippen molar-refractivity contribution in [3.05, 3.63) is 18.2 Å². The Hall–Kier alpha value is -2.02. The lowest BCUT2D eigenvalue weighted by Crippen LogP contribution is -2.27. The third-order valence-corrected chi connectivity index (χ3v) is 4.68. The topological polar surface area (TPSA) is 75.7 Å². The Balaban J connectivity index is 1.74. The molecule has 1 unspecified atom stereocenters. The zero-order valence-electron chi connectivity index (χ0n) is 12.1. The van der Waals surface area contributed by atoms with Gasteiger partial charge in [0.05, 0.1) is 5.69 Å². The van der Waals surface area contributed by atoms with Crippen LogP contribution in [0.1, 0.15) is 13.3 Å². The van der Waals surface area contributed by atoms with Crippen molar-refractivity contribution >= 4 is 40.1 Å². The standard InChI is InChI=1S/C15H16N2O4S/c1-9(18)22-8-10-4-15(20)17(6-10)11-2-3-13-12(5-11)16-14(19)7-21-13/h2-3,5,10H,4,6-8H2,1H3,(H,16,19). The molecule has 1 aromatic carbocycles. The van der Waals surface area contributed by atoms with Gasteiger partial charge in [-0.2, -0.15) is 0 Å². The Labute approximate surface area is 132 Å². The highest BCUT2D eigenvalue weighted by Gasteiger charge is 2.31. The summed E-state index contributed by atoms with van der Waals surface area (Å²) in [7, 11) is 0. The molecular weight excluding hydrogens is 304 g/mol. The number of ether oxygens (including phenoxy) is 1. The number of rotatable bonds is 3. The molecule has 0 aromatic heterocycles. The number of fused-ring (bicyclic) bond motifs is 1. The largest absolute Gasteiger partial charge is 0.482 e. The van der Waals surface area contributed by atoms with Gasteiger partial charge in [-0.1, -0.05) is 11.8 Å². The van der Waals surface area contributed by atoms with E-state index < -0.39 is 0 Å². The number of carbonyl (C=O) groups is 3. The molecule has 2 aliphatic rings. The van der Waals surface area contributed by atoms with Gasteiger partial charge in [0.1, 0.15) is 5.75 Å². The van der Waals surface area contributed by atoms with Gasteiger partial charge in [0.25, 0.3) is 5.91 Å². The minimum Gasteiger partial charge on any atom is -0.482 e. The van der Waals surface area contributed by atoms with E-state index >= 15 is 0 Å². The molecule has 0 aliphatic carbocycles. The molecule has 2 heterocycles. The molecule has 116 valence electrons. The van der Waals surface area contributed by atoms with Gasteiger partial charge in [0.2, 0.25) is 5.91 Å². The fourth-order valence-electron chi connectivity index (χ4n) is 2.62. The number of nitrogens with zero attached hydrogens (tertiary/aromatic N) is 1. The summed E-state index contributed by atoms with van der Waals surface area (Å²) in [5.74, 6) is 1.27. The van der Waals surface area contributed by atoms with Crippen molar-refractivity contribution in [1.29, 1.82) is 0 Å². The highest BCUT2D eigenvalue weighted by molar-refractivity contribution is 8.13. The maximum Gasteiger partial charge on any atom is 0.262 e. The third-order valence-electron chi connectivity index (χ3n) is 3.64. The number of carbonyl (C=O) groups excluding carboxylic acids is 3. The minimum atomic E-state index is -0.201. The number of benzene rings is 1. The zero-order chi connectivity index (χ0) is 15.7. The maximum absolute atomic E-state index is 12.2. The van der Waals surface area contributed by atoms with Crippen molar-refractivity contribution in [1.82, 2.24) is 0 Å². The highest BCUT2D eigenvalue weighted by Crippen LogP contribution is 2.34. The van der Waals surface area contributed by atoms with Gasteiger partial charge in [0.15, 0.2) is 11.7 Å². The lowest BCUT2D eigenvalue weighted by Gasteiger charge is -2.22. The first kappa shape index (κ1) is 14.9. The molecule has 0 bridgehead atoms. The first-order valence-corrected chi connectivity index (χ1v) is 8.02. The van der Waals surface area contributed by atoms with E-state index in [9.17, 15) is 14.4 Å². The van der Waals surface area contributed by atoms with Crippen LogP contribution in [0.2, 0.25) is 0 Å². The summed E-state index contributed by atoms with van der Waals surface area (Å²) in [6, 6.07) is 5.33. The van der Waals surface area contributed by atoms with E-state index in [-0.39, 0.29) is 29.5 Å². The first-order chi connectivity index (χ1) is 10.5. The zero-order valence-corrected chi connectivity index (χ0v) is 12.9. The van der Waals surface area contributed by atoms with Gasteiger partial charge in [0, 0.05) is 31.3 Å². The molecule has 7 heteroatoms. The van der Waals surface area contributed by atoms with E-state index in [1.54, 1.807) is 17.0 Å². The SMILES string of the molecule is CC(=O)SCC1CC(=O)N(c2ccc3c(c2)NC(=O)CO3)C1. The predicted molar refractivity (Wildman–Crippen MR) is 84.2 cm³/mol. The van der Waals surface area contributed by atoms with Gasteiger partial charge in [-0.15, -0.1) is 0 Å². The molecule has 6 nitrogen and oxygen atoms in total. The number of nitrogens with one attached hydrogen (secondary N) is 1. The second-order valence-electron chi connectivity index (χ2n) is 5.39. The summed E-state index contributed by atoms with van der Waals surface area (Å²) >= 11 is 1.26. The van der Waals surface area contributed by atoms with Crippen molar-refractivity contribution in [2.24, 2.45) is 5.92 Å². The fourth-order valence-corrected chi connectivity index (χ4v) is 3.31. The van der Waals surface area contributed by atoms with Crippen LogP contribution in [0.3, 0.4) is 0 Å². The number of thioether (sulfide) groups is 1. The van der Waals surface area contributed by atoms with Crippen LogP contribution in [-0.2, 0) is 14.4 Å².